The van der Waals surface area contributed by atoms with E-state index in [9.17, 15) is 0 Å². The molecular formula is C16H19N. The van der Waals surface area contributed by atoms with Crippen LogP contribution < -0.4 is 5.73 Å². The van der Waals surface area contributed by atoms with Crippen molar-refractivity contribution in [2.75, 3.05) is 0 Å². The first kappa shape index (κ1) is 11.9. The van der Waals surface area contributed by atoms with Gasteiger partial charge in [-0.25, -0.2) is 0 Å². The van der Waals surface area contributed by atoms with Crippen LogP contribution in [0.5, 0.6) is 0 Å². The number of rotatable bonds is 3. The largest absolute Gasteiger partial charge is 0.324 e. The Labute approximate surface area is 103 Å². The number of hydrogen-bond donors (Lipinski definition) is 1. The monoisotopic (exact) mass is 225 g/mol. The van der Waals surface area contributed by atoms with Gasteiger partial charge < -0.3 is 5.73 Å². The molecule has 0 saturated carbocycles. The van der Waals surface area contributed by atoms with E-state index in [0.717, 1.165) is 6.42 Å². The maximum atomic E-state index is 6.25. The van der Waals surface area contributed by atoms with Gasteiger partial charge in [0.2, 0.25) is 0 Å². The summed E-state index contributed by atoms with van der Waals surface area (Å²) in [6.45, 7) is 4.26. The second-order valence-electron chi connectivity index (χ2n) is 4.64. The van der Waals surface area contributed by atoms with E-state index in [1.54, 1.807) is 0 Å². The molecule has 0 aromatic heterocycles. The van der Waals surface area contributed by atoms with Gasteiger partial charge in [0.05, 0.1) is 0 Å². The van der Waals surface area contributed by atoms with Crippen molar-refractivity contribution in [1.29, 1.82) is 0 Å². The van der Waals surface area contributed by atoms with Gasteiger partial charge in [-0.3, -0.25) is 0 Å². The number of benzene rings is 2. The van der Waals surface area contributed by atoms with Gasteiger partial charge in [0.15, 0.2) is 0 Å². The van der Waals surface area contributed by atoms with Crippen molar-refractivity contribution in [3.63, 3.8) is 0 Å². The van der Waals surface area contributed by atoms with Crippen LogP contribution in [0, 0.1) is 13.8 Å². The van der Waals surface area contributed by atoms with E-state index >= 15 is 0 Å². The predicted molar refractivity (Wildman–Crippen MR) is 73.0 cm³/mol. The van der Waals surface area contributed by atoms with E-state index in [1.807, 2.05) is 6.07 Å². The lowest BCUT2D eigenvalue weighted by Crippen LogP contribution is -2.13. The van der Waals surface area contributed by atoms with Gasteiger partial charge in [0, 0.05) is 6.04 Å². The number of nitrogens with two attached hydrogens (primary N) is 1. The molecule has 2 N–H and O–H groups in total. The van der Waals surface area contributed by atoms with Gasteiger partial charge in [0.1, 0.15) is 0 Å². The molecule has 0 spiro atoms. The first-order valence-electron chi connectivity index (χ1n) is 6.03. The standard InChI is InChI=1S/C16H19N/c1-12-8-9-15(10-13(12)2)16(17)11-14-6-4-3-5-7-14/h3-10,16H,11,17H2,1-2H3. The fourth-order valence-electron chi connectivity index (χ4n) is 1.98. The minimum absolute atomic E-state index is 0.0803. The Morgan fingerprint density at radius 1 is 0.941 bits per heavy atom. The summed E-state index contributed by atoms with van der Waals surface area (Å²) < 4.78 is 0. The van der Waals surface area contributed by atoms with E-state index in [2.05, 4.69) is 56.3 Å². The van der Waals surface area contributed by atoms with Crippen molar-refractivity contribution in [3.8, 4) is 0 Å². The third kappa shape index (κ3) is 2.95. The quantitative estimate of drug-likeness (QED) is 0.849. The predicted octanol–water partition coefficient (Wildman–Crippen LogP) is 3.55. The Balaban J connectivity index is 2.14. The van der Waals surface area contributed by atoms with Gasteiger partial charge >= 0.3 is 0 Å². The van der Waals surface area contributed by atoms with Gasteiger partial charge in [-0.05, 0) is 42.5 Å². The minimum Gasteiger partial charge on any atom is -0.324 e. The van der Waals surface area contributed by atoms with Gasteiger partial charge in [-0.15, -0.1) is 0 Å². The molecule has 0 saturated heterocycles. The molecule has 2 aromatic rings. The molecule has 1 unspecified atom stereocenters. The summed E-state index contributed by atoms with van der Waals surface area (Å²) in [5, 5.41) is 0. The Hall–Kier alpha value is -1.60. The van der Waals surface area contributed by atoms with Crippen LogP contribution in [0.2, 0.25) is 0 Å². The summed E-state index contributed by atoms with van der Waals surface area (Å²) in [5.74, 6) is 0. The highest BCUT2D eigenvalue weighted by Crippen LogP contribution is 2.18. The van der Waals surface area contributed by atoms with Crippen molar-refractivity contribution in [1.82, 2.24) is 0 Å². The number of aryl methyl sites for hydroxylation is 2. The zero-order valence-electron chi connectivity index (χ0n) is 10.5. The van der Waals surface area contributed by atoms with E-state index in [1.165, 1.54) is 22.3 Å². The lowest BCUT2D eigenvalue weighted by atomic mass is 9.97. The zero-order chi connectivity index (χ0) is 12.3. The average Bonchev–Trinajstić information content (AvgIpc) is 2.34. The van der Waals surface area contributed by atoms with Crippen LogP contribution in [-0.4, -0.2) is 0 Å². The van der Waals surface area contributed by atoms with Crippen LogP contribution in [0.3, 0.4) is 0 Å². The summed E-state index contributed by atoms with van der Waals surface area (Å²) >= 11 is 0. The third-order valence-electron chi connectivity index (χ3n) is 3.26. The van der Waals surface area contributed by atoms with Crippen LogP contribution in [0.25, 0.3) is 0 Å². The third-order valence-corrected chi connectivity index (χ3v) is 3.26. The molecule has 0 heterocycles. The van der Waals surface area contributed by atoms with Crippen molar-refractivity contribution >= 4 is 0 Å². The molecule has 0 bridgehead atoms. The maximum absolute atomic E-state index is 6.25. The van der Waals surface area contributed by atoms with E-state index < -0.39 is 0 Å². The SMILES string of the molecule is Cc1ccc(C(N)Cc2ccccc2)cc1C. The molecule has 2 aromatic carbocycles. The van der Waals surface area contributed by atoms with Crippen molar-refractivity contribution in [2.45, 2.75) is 26.3 Å². The molecule has 1 atom stereocenters. The molecule has 2 rings (SSSR count). The Morgan fingerprint density at radius 2 is 1.65 bits per heavy atom. The van der Waals surface area contributed by atoms with Crippen LogP contribution in [0.1, 0.15) is 28.3 Å². The summed E-state index contributed by atoms with van der Waals surface area (Å²) in [5.41, 5.74) is 11.4. The zero-order valence-corrected chi connectivity index (χ0v) is 10.5. The molecule has 1 heteroatoms. The lowest BCUT2D eigenvalue weighted by molar-refractivity contribution is 0.721. The molecule has 0 aliphatic heterocycles. The lowest BCUT2D eigenvalue weighted by Gasteiger charge is -2.13. The molecule has 0 amide bonds. The second-order valence-corrected chi connectivity index (χ2v) is 4.64. The molecule has 0 aliphatic carbocycles. The van der Waals surface area contributed by atoms with Gasteiger partial charge in [-0.1, -0.05) is 48.5 Å². The summed E-state index contributed by atoms with van der Waals surface area (Å²) in [7, 11) is 0. The average molecular weight is 225 g/mol. The van der Waals surface area contributed by atoms with E-state index in [0.29, 0.717) is 0 Å². The van der Waals surface area contributed by atoms with Crippen molar-refractivity contribution < 1.29 is 0 Å². The molecule has 88 valence electrons. The molecular weight excluding hydrogens is 206 g/mol. The van der Waals surface area contributed by atoms with Crippen LogP contribution in [0.15, 0.2) is 48.5 Å². The highest BCUT2D eigenvalue weighted by atomic mass is 14.6. The van der Waals surface area contributed by atoms with Crippen molar-refractivity contribution in [3.05, 3.63) is 70.8 Å². The smallest absolute Gasteiger partial charge is 0.0335 e. The number of hydrogen-bond acceptors (Lipinski definition) is 1. The molecule has 0 fully saturated rings. The maximum Gasteiger partial charge on any atom is 0.0335 e. The Morgan fingerprint density at radius 3 is 2.29 bits per heavy atom. The van der Waals surface area contributed by atoms with Crippen molar-refractivity contribution in [2.24, 2.45) is 5.73 Å². The van der Waals surface area contributed by atoms with Gasteiger partial charge in [-0.2, -0.15) is 0 Å². The second kappa shape index (κ2) is 5.15. The topological polar surface area (TPSA) is 26.0 Å². The van der Waals surface area contributed by atoms with E-state index in [4.69, 9.17) is 5.73 Å². The van der Waals surface area contributed by atoms with Gasteiger partial charge in [0.25, 0.3) is 0 Å². The van der Waals surface area contributed by atoms with Crippen LogP contribution >= 0.6 is 0 Å². The fourth-order valence-corrected chi connectivity index (χ4v) is 1.98. The van der Waals surface area contributed by atoms with Crippen LogP contribution in [0.4, 0.5) is 0 Å². The molecule has 0 radical (unpaired) electrons. The summed E-state index contributed by atoms with van der Waals surface area (Å²) in [6.07, 6.45) is 0.892. The Bertz CT molecular complexity index is 488. The molecule has 17 heavy (non-hydrogen) atoms. The minimum atomic E-state index is 0.0803. The highest BCUT2D eigenvalue weighted by molar-refractivity contribution is 5.32. The summed E-state index contributed by atoms with van der Waals surface area (Å²) in [6, 6.07) is 17.0. The molecule has 0 aliphatic rings. The molecule has 1 nitrogen and oxygen atoms in total. The summed E-state index contributed by atoms with van der Waals surface area (Å²) in [4.78, 5) is 0. The van der Waals surface area contributed by atoms with E-state index in [-0.39, 0.29) is 6.04 Å². The first-order valence-corrected chi connectivity index (χ1v) is 6.03. The first-order chi connectivity index (χ1) is 8.16. The highest BCUT2D eigenvalue weighted by Gasteiger charge is 2.07. The fraction of sp³-hybridized carbons (Fsp3) is 0.250. The Kier molecular flexibility index (Phi) is 3.60. The van der Waals surface area contributed by atoms with Crippen LogP contribution in [-0.2, 0) is 6.42 Å². The normalized spacial score (nSPS) is 12.4.